The molecule has 4 rings (SSSR count). The van der Waals surface area contributed by atoms with Crippen LogP contribution in [0.2, 0.25) is 0 Å². The molecule has 1 saturated carbocycles. The monoisotopic (exact) mass is 340 g/mol. The molecule has 2 N–H and O–H groups in total. The average Bonchev–Trinajstić information content (AvgIpc) is 3.35. The fourth-order valence-electron chi connectivity index (χ4n) is 2.65. The van der Waals surface area contributed by atoms with Crippen molar-refractivity contribution >= 4 is 28.5 Å². The van der Waals surface area contributed by atoms with E-state index in [1.54, 1.807) is 25.1 Å². The minimum Gasteiger partial charge on any atom is -0.493 e. The lowest BCUT2D eigenvalue weighted by Crippen LogP contribution is -2.08. The Bertz CT molecular complexity index is 919. The van der Waals surface area contributed by atoms with Gasteiger partial charge in [-0.2, -0.15) is 10.1 Å². The number of rotatable bonds is 6. The van der Waals surface area contributed by atoms with Gasteiger partial charge in [0.05, 0.1) is 25.9 Å². The van der Waals surface area contributed by atoms with E-state index in [0.717, 1.165) is 35.4 Å². The summed E-state index contributed by atoms with van der Waals surface area (Å²) in [6, 6.07) is 6.11. The Hall–Kier alpha value is -3.03. The van der Waals surface area contributed by atoms with Crippen molar-refractivity contribution in [3.63, 3.8) is 0 Å². The van der Waals surface area contributed by atoms with Gasteiger partial charge in [0.1, 0.15) is 11.6 Å². The molecular weight excluding hydrogens is 320 g/mol. The van der Waals surface area contributed by atoms with Gasteiger partial charge >= 0.3 is 0 Å². The summed E-state index contributed by atoms with van der Waals surface area (Å²) in [5.41, 5.74) is 0.778. The Balaban J connectivity index is 1.82. The molecule has 0 unspecified atom stereocenters. The summed E-state index contributed by atoms with van der Waals surface area (Å²) in [6.07, 6.45) is 4.03. The zero-order chi connectivity index (χ0) is 17.4. The normalized spacial score (nSPS) is 13.7. The van der Waals surface area contributed by atoms with E-state index in [1.165, 1.54) is 0 Å². The van der Waals surface area contributed by atoms with Crippen LogP contribution in [0.5, 0.6) is 11.5 Å². The number of hydrogen-bond donors (Lipinski definition) is 2. The number of aryl methyl sites for hydroxylation is 1. The second-order valence-corrected chi connectivity index (χ2v) is 6.00. The lowest BCUT2D eigenvalue weighted by molar-refractivity contribution is 0.356. The highest BCUT2D eigenvalue weighted by molar-refractivity contribution is 5.93. The highest BCUT2D eigenvalue weighted by atomic mass is 16.5. The molecule has 0 spiro atoms. The van der Waals surface area contributed by atoms with Gasteiger partial charge < -0.3 is 20.1 Å². The molecule has 0 bridgehead atoms. The van der Waals surface area contributed by atoms with Gasteiger partial charge in [-0.1, -0.05) is 0 Å². The highest BCUT2D eigenvalue weighted by Gasteiger charge is 2.23. The molecule has 1 aliphatic carbocycles. The van der Waals surface area contributed by atoms with Gasteiger partial charge in [-0.3, -0.25) is 4.68 Å². The van der Waals surface area contributed by atoms with E-state index in [4.69, 9.17) is 9.47 Å². The summed E-state index contributed by atoms with van der Waals surface area (Å²) in [4.78, 5) is 9.28. The molecule has 1 fully saturated rings. The fourth-order valence-corrected chi connectivity index (χ4v) is 2.65. The molecule has 2 aromatic heterocycles. The lowest BCUT2D eigenvalue weighted by atomic mass is 10.2. The van der Waals surface area contributed by atoms with Crippen LogP contribution in [-0.2, 0) is 7.05 Å². The molecule has 130 valence electrons. The van der Waals surface area contributed by atoms with Gasteiger partial charge in [0, 0.05) is 30.6 Å². The van der Waals surface area contributed by atoms with Crippen molar-refractivity contribution in [3.05, 3.63) is 24.4 Å². The maximum absolute atomic E-state index is 5.42. The Labute approximate surface area is 145 Å². The number of methoxy groups -OCH3 is 2. The van der Waals surface area contributed by atoms with Crippen molar-refractivity contribution in [2.75, 3.05) is 24.9 Å². The molecule has 8 nitrogen and oxygen atoms in total. The Morgan fingerprint density at radius 3 is 2.52 bits per heavy atom. The number of ether oxygens (including phenoxy) is 2. The van der Waals surface area contributed by atoms with Crippen molar-refractivity contribution in [3.8, 4) is 11.5 Å². The second kappa shape index (κ2) is 6.12. The van der Waals surface area contributed by atoms with Crippen LogP contribution in [-0.4, -0.2) is 40.0 Å². The molecule has 0 amide bonds. The van der Waals surface area contributed by atoms with E-state index in [9.17, 15) is 0 Å². The zero-order valence-corrected chi connectivity index (χ0v) is 14.4. The SMILES string of the molecule is COc1cc2nc(Nc3ccnn3C)nc(NC3CC3)c2cc1OC. The van der Waals surface area contributed by atoms with Crippen LogP contribution >= 0.6 is 0 Å². The van der Waals surface area contributed by atoms with E-state index >= 15 is 0 Å². The van der Waals surface area contributed by atoms with Crippen molar-refractivity contribution in [2.45, 2.75) is 18.9 Å². The van der Waals surface area contributed by atoms with Crippen molar-refractivity contribution in [1.82, 2.24) is 19.7 Å². The molecule has 1 aromatic carbocycles. The third-order valence-electron chi connectivity index (χ3n) is 4.18. The molecule has 1 aliphatic rings. The van der Waals surface area contributed by atoms with Gasteiger partial charge in [0.2, 0.25) is 5.95 Å². The van der Waals surface area contributed by atoms with Crippen LogP contribution < -0.4 is 20.1 Å². The quantitative estimate of drug-likeness (QED) is 0.713. The fraction of sp³-hybridized carbons (Fsp3) is 0.353. The number of nitrogens with one attached hydrogen (secondary N) is 2. The van der Waals surface area contributed by atoms with Gasteiger partial charge in [-0.25, -0.2) is 4.98 Å². The standard InChI is InChI=1S/C17H20N6O2/c1-23-15(6-7-18-23)21-17-20-12-9-14(25-3)13(24-2)8-11(12)16(22-17)19-10-4-5-10/h6-10H,4-5H2,1-3H3,(H2,19,20,21,22). The summed E-state index contributed by atoms with van der Waals surface area (Å²) in [7, 11) is 5.10. The third-order valence-corrected chi connectivity index (χ3v) is 4.18. The Morgan fingerprint density at radius 2 is 1.88 bits per heavy atom. The van der Waals surface area contributed by atoms with E-state index in [2.05, 4.69) is 25.7 Å². The first-order valence-corrected chi connectivity index (χ1v) is 8.13. The first-order valence-electron chi connectivity index (χ1n) is 8.13. The number of fused-ring (bicyclic) bond motifs is 1. The molecule has 25 heavy (non-hydrogen) atoms. The molecule has 0 aliphatic heterocycles. The van der Waals surface area contributed by atoms with E-state index in [0.29, 0.717) is 23.5 Å². The predicted octanol–water partition coefficient (Wildman–Crippen LogP) is 2.70. The van der Waals surface area contributed by atoms with E-state index < -0.39 is 0 Å². The number of anilines is 3. The number of nitrogens with zero attached hydrogens (tertiary/aromatic N) is 4. The van der Waals surface area contributed by atoms with E-state index in [1.807, 2.05) is 25.2 Å². The van der Waals surface area contributed by atoms with Crippen LogP contribution in [0.4, 0.5) is 17.6 Å². The molecule has 2 heterocycles. The summed E-state index contributed by atoms with van der Waals surface area (Å²) in [6.45, 7) is 0. The number of aromatic nitrogens is 4. The summed E-state index contributed by atoms with van der Waals surface area (Å²) < 4.78 is 12.6. The summed E-state index contributed by atoms with van der Waals surface area (Å²) in [5.74, 6) is 3.41. The number of benzene rings is 1. The molecule has 0 radical (unpaired) electrons. The minimum atomic E-state index is 0.468. The Kier molecular flexibility index (Phi) is 3.79. The van der Waals surface area contributed by atoms with Crippen LogP contribution in [0.3, 0.4) is 0 Å². The Morgan fingerprint density at radius 1 is 1.12 bits per heavy atom. The molecule has 0 saturated heterocycles. The van der Waals surface area contributed by atoms with Gasteiger partial charge in [-0.15, -0.1) is 0 Å². The largest absolute Gasteiger partial charge is 0.493 e. The predicted molar refractivity (Wildman–Crippen MR) is 95.8 cm³/mol. The van der Waals surface area contributed by atoms with Gasteiger partial charge in [0.25, 0.3) is 0 Å². The first-order chi connectivity index (χ1) is 12.2. The first kappa shape index (κ1) is 15.5. The second-order valence-electron chi connectivity index (χ2n) is 6.00. The molecular formula is C17H20N6O2. The lowest BCUT2D eigenvalue weighted by Gasteiger charge is -2.14. The molecule has 8 heteroatoms. The highest BCUT2D eigenvalue weighted by Crippen LogP contribution is 2.36. The van der Waals surface area contributed by atoms with E-state index in [-0.39, 0.29) is 0 Å². The average molecular weight is 340 g/mol. The van der Waals surface area contributed by atoms with Crippen LogP contribution in [0.25, 0.3) is 10.9 Å². The van der Waals surface area contributed by atoms with Gasteiger partial charge in [0.15, 0.2) is 11.5 Å². The van der Waals surface area contributed by atoms with Crippen LogP contribution in [0.15, 0.2) is 24.4 Å². The van der Waals surface area contributed by atoms with Crippen LogP contribution in [0.1, 0.15) is 12.8 Å². The number of hydrogen-bond acceptors (Lipinski definition) is 7. The van der Waals surface area contributed by atoms with Crippen LogP contribution in [0, 0.1) is 0 Å². The maximum Gasteiger partial charge on any atom is 0.230 e. The van der Waals surface area contributed by atoms with Crippen molar-refractivity contribution in [2.24, 2.45) is 7.05 Å². The molecule has 0 atom stereocenters. The molecule has 3 aromatic rings. The third kappa shape index (κ3) is 3.02. The maximum atomic E-state index is 5.42. The van der Waals surface area contributed by atoms with Gasteiger partial charge in [-0.05, 0) is 18.9 Å². The summed E-state index contributed by atoms with van der Waals surface area (Å²) >= 11 is 0. The topological polar surface area (TPSA) is 86.1 Å². The summed E-state index contributed by atoms with van der Waals surface area (Å²) in [5, 5.41) is 11.7. The zero-order valence-electron chi connectivity index (χ0n) is 14.4. The van der Waals surface area contributed by atoms with Crippen molar-refractivity contribution < 1.29 is 9.47 Å². The van der Waals surface area contributed by atoms with Crippen molar-refractivity contribution in [1.29, 1.82) is 0 Å². The minimum absolute atomic E-state index is 0.468. The smallest absolute Gasteiger partial charge is 0.230 e.